The molecule has 0 spiro atoms. The Labute approximate surface area is 204 Å². The molecule has 1 unspecified atom stereocenters. The number of hydrogen-bond donors (Lipinski definition) is 1. The number of amides is 1. The van der Waals surface area contributed by atoms with Crippen LogP contribution in [-0.2, 0) is 9.59 Å². The van der Waals surface area contributed by atoms with Gasteiger partial charge in [0.25, 0.3) is 11.7 Å². The number of methoxy groups -OCH3 is 2. The van der Waals surface area contributed by atoms with E-state index >= 15 is 0 Å². The van der Waals surface area contributed by atoms with Crippen LogP contribution in [0.4, 0.5) is 10.1 Å². The molecule has 3 aromatic rings. The molecule has 9 heteroatoms. The summed E-state index contributed by atoms with van der Waals surface area (Å²) in [6.07, 6.45) is 0. The largest absolute Gasteiger partial charge is 0.507 e. The second-order valence-corrected chi connectivity index (χ2v) is 8.20. The summed E-state index contributed by atoms with van der Waals surface area (Å²) in [4.78, 5) is 27.5. The Morgan fingerprint density at radius 2 is 1.74 bits per heavy atom. The van der Waals surface area contributed by atoms with Crippen LogP contribution >= 0.6 is 23.2 Å². The summed E-state index contributed by atoms with van der Waals surface area (Å²) in [5, 5.41) is 11.8. The van der Waals surface area contributed by atoms with E-state index in [1.54, 1.807) is 18.2 Å². The predicted molar refractivity (Wildman–Crippen MR) is 127 cm³/mol. The highest BCUT2D eigenvalue weighted by atomic mass is 35.5. The lowest BCUT2D eigenvalue weighted by molar-refractivity contribution is -0.132. The second kappa shape index (κ2) is 9.37. The topological polar surface area (TPSA) is 76.1 Å². The Kier molecular flexibility index (Phi) is 6.50. The van der Waals surface area contributed by atoms with Crippen LogP contribution in [0.5, 0.6) is 11.5 Å². The monoisotopic (exact) mass is 501 g/mol. The summed E-state index contributed by atoms with van der Waals surface area (Å²) in [5.41, 5.74) is 0.444. The zero-order valence-corrected chi connectivity index (χ0v) is 19.5. The number of carbonyl (C=O) groups excluding carboxylic acids is 2. The fourth-order valence-corrected chi connectivity index (χ4v) is 4.17. The Bertz CT molecular complexity index is 1340. The molecule has 6 nitrogen and oxygen atoms in total. The van der Waals surface area contributed by atoms with Crippen LogP contribution in [0.25, 0.3) is 5.76 Å². The number of rotatable bonds is 5. The van der Waals surface area contributed by atoms with Crippen LogP contribution in [-0.4, -0.2) is 31.0 Å². The Morgan fingerprint density at radius 3 is 2.38 bits per heavy atom. The molecule has 1 N–H and O–H groups in total. The molecule has 1 saturated heterocycles. The van der Waals surface area contributed by atoms with Gasteiger partial charge in [0, 0.05) is 5.69 Å². The molecule has 0 radical (unpaired) electrons. The first-order valence-corrected chi connectivity index (χ1v) is 10.8. The molecule has 0 aliphatic carbocycles. The standard InChI is InChI=1S/C25H18Cl2FNO5/c1-33-16-7-9-20(34-2)17(12-16)23(30)21-22(13-6-8-18(26)19(27)10-13)29(25(32)24(21)31)15-5-3-4-14(28)11-15/h3-12,22,30H,1-2H3/b23-21+. The van der Waals surface area contributed by atoms with E-state index in [9.17, 15) is 19.1 Å². The van der Waals surface area contributed by atoms with Gasteiger partial charge in [-0.25, -0.2) is 4.39 Å². The van der Waals surface area contributed by atoms with Crippen LogP contribution in [0.1, 0.15) is 17.2 Å². The van der Waals surface area contributed by atoms with Gasteiger partial charge in [-0.2, -0.15) is 0 Å². The van der Waals surface area contributed by atoms with Gasteiger partial charge in [0.15, 0.2) is 0 Å². The van der Waals surface area contributed by atoms with Crippen molar-refractivity contribution in [2.75, 3.05) is 19.1 Å². The summed E-state index contributed by atoms with van der Waals surface area (Å²) >= 11 is 12.3. The lowest BCUT2D eigenvalue weighted by Crippen LogP contribution is -2.29. The smallest absolute Gasteiger partial charge is 0.300 e. The van der Waals surface area contributed by atoms with E-state index in [0.29, 0.717) is 11.3 Å². The van der Waals surface area contributed by atoms with E-state index in [1.807, 2.05) is 0 Å². The molecule has 174 valence electrons. The minimum Gasteiger partial charge on any atom is -0.507 e. The fraction of sp³-hybridized carbons (Fsp3) is 0.120. The predicted octanol–water partition coefficient (Wildman–Crippen LogP) is 5.78. The molecule has 1 heterocycles. The number of anilines is 1. The first kappa shape index (κ1) is 23.6. The minimum absolute atomic E-state index is 0.134. The van der Waals surface area contributed by atoms with Gasteiger partial charge in [0.2, 0.25) is 0 Å². The van der Waals surface area contributed by atoms with Crippen LogP contribution in [0.3, 0.4) is 0 Å². The second-order valence-electron chi connectivity index (χ2n) is 7.39. The molecule has 1 amide bonds. The highest BCUT2D eigenvalue weighted by Crippen LogP contribution is 2.44. The van der Waals surface area contributed by atoms with Gasteiger partial charge in [0.05, 0.1) is 41.4 Å². The molecule has 1 aliphatic rings. The summed E-state index contributed by atoms with van der Waals surface area (Å²) < 4.78 is 24.6. The van der Waals surface area contributed by atoms with E-state index in [0.717, 1.165) is 11.0 Å². The van der Waals surface area contributed by atoms with E-state index in [-0.39, 0.29) is 32.6 Å². The quantitative estimate of drug-likeness (QED) is 0.272. The summed E-state index contributed by atoms with van der Waals surface area (Å²) in [6.45, 7) is 0. The van der Waals surface area contributed by atoms with Crippen LogP contribution in [0, 0.1) is 5.82 Å². The molecule has 4 rings (SSSR count). The van der Waals surface area contributed by atoms with Gasteiger partial charge in [-0.05, 0) is 54.1 Å². The number of ketones is 1. The van der Waals surface area contributed by atoms with Crippen molar-refractivity contribution in [3.05, 3.63) is 93.2 Å². The first-order valence-electron chi connectivity index (χ1n) is 10.0. The highest BCUT2D eigenvalue weighted by molar-refractivity contribution is 6.52. The number of ether oxygens (including phenoxy) is 2. The zero-order chi connectivity index (χ0) is 24.6. The highest BCUT2D eigenvalue weighted by Gasteiger charge is 2.47. The normalized spacial score (nSPS) is 17.2. The minimum atomic E-state index is -1.12. The molecule has 1 atom stereocenters. The van der Waals surface area contributed by atoms with Gasteiger partial charge in [-0.1, -0.05) is 35.3 Å². The summed E-state index contributed by atoms with van der Waals surface area (Å²) in [5.74, 6) is -2.32. The van der Waals surface area contributed by atoms with Crippen molar-refractivity contribution < 1.29 is 28.6 Å². The maximum Gasteiger partial charge on any atom is 0.300 e. The van der Waals surface area contributed by atoms with Gasteiger partial charge in [-0.3, -0.25) is 14.5 Å². The average Bonchev–Trinajstić information content (AvgIpc) is 3.10. The van der Waals surface area contributed by atoms with Crippen molar-refractivity contribution >= 4 is 46.3 Å². The third kappa shape index (κ3) is 4.08. The molecule has 34 heavy (non-hydrogen) atoms. The van der Waals surface area contributed by atoms with E-state index in [2.05, 4.69) is 0 Å². The molecule has 1 aliphatic heterocycles. The van der Waals surface area contributed by atoms with Gasteiger partial charge >= 0.3 is 0 Å². The van der Waals surface area contributed by atoms with Gasteiger partial charge in [0.1, 0.15) is 23.1 Å². The van der Waals surface area contributed by atoms with Crippen molar-refractivity contribution in [1.29, 1.82) is 0 Å². The van der Waals surface area contributed by atoms with E-state index in [4.69, 9.17) is 32.7 Å². The Hall–Kier alpha value is -3.55. The van der Waals surface area contributed by atoms with Gasteiger partial charge < -0.3 is 14.6 Å². The van der Waals surface area contributed by atoms with E-state index in [1.165, 1.54) is 50.6 Å². The molecule has 1 fully saturated rings. The van der Waals surface area contributed by atoms with Crippen molar-refractivity contribution in [3.63, 3.8) is 0 Å². The number of nitrogens with zero attached hydrogens (tertiary/aromatic N) is 1. The number of carbonyl (C=O) groups is 2. The lowest BCUT2D eigenvalue weighted by Gasteiger charge is -2.26. The Balaban J connectivity index is 2.01. The number of aliphatic hydroxyl groups excluding tert-OH is 1. The summed E-state index contributed by atoms with van der Waals surface area (Å²) in [7, 11) is 2.85. The van der Waals surface area contributed by atoms with E-state index < -0.39 is 29.3 Å². The number of benzene rings is 3. The molecular weight excluding hydrogens is 484 g/mol. The molecule has 0 aromatic heterocycles. The SMILES string of the molecule is COc1ccc(OC)c(/C(O)=C2\C(=O)C(=O)N(c3cccc(F)c3)C2c2ccc(Cl)c(Cl)c2)c1. The molecular formula is C25H18Cl2FNO5. The molecule has 0 saturated carbocycles. The van der Waals surface area contributed by atoms with Crippen molar-refractivity contribution in [2.24, 2.45) is 0 Å². The lowest BCUT2D eigenvalue weighted by atomic mass is 9.94. The van der Waals surface area contributed by atoms with Crippen molar-refractivity contribution in [3.8, 4) is 11.5 Å². The average molecular weight is 502 g/mol. The molecule has 0 bridgehead atoms. The number of aliphatic hydroxyl groups is 1. The third-order valence-corrected chi connectivity index (χ3v) is 6.19. The summed E-state index contributed by atoms with van der Waals surface area (Å²) in [6, 6.07) is 13.4. The first-order chi connectivity index (χ1) is 16.3. The zero-order valence-electron chi connectivity index (χ0n) is 18.0. The molecule has 3 aromatic carbocycles. The van der Waals surface area contributed by atoms with Crippen LogP contribution in [0.15, 0.2) is 66.2 Å². The van der Waals surface area contributed by atoms with Crippen LogP contribution < -0.4 is 14.4 Å². The maximum atomic E-state index is 14.0. The van der Waals surface area contributed by atoms with Crippen molar-refractivity contribution in [1.82, 2.24) is 0 Å². The third-order valence-electron chi connectivity index (χ3n) is 5.45. The maximum absolute atomic E-state index is 14.0. The van der Waals surface area contributed by atoms with Gasteiger partial charge in [-0.15, -0.1) is 0 Å². The van der Waals surface area contributed by atoms with Crippen molar-refractivity contribution in [2.45, 2.75) is 6.04 Å². The fourth-order valence-electron chi connectivity index (χ4n) is 3.87. The number of halogens is 3. The number of hydrogen-bond acceptors (Lipinski definition) is 5. The number of Topliss-reactive ketones (excluding diaryl/α,β-unsaturated/α-hetero) is 1. The Morgan fingerprint density at radius 1 is 0.971 bits per heavy atom. The van der Waals surface area contributed by atoms with Crippen LogP contribution in [0.2, 0.25) is 10.0 Å².